The molecule has 0 saturated heterocycles. The van der Waals surface area contributed by atoms with Crippen molar-refractivity contribution >= 4 is 11.7 Å². The molecule has 3 aromatic rings. The Bertz CT molecular complexity index is 972. The van der Waals surface area contributed by atoms with Crippen molar-refractivity contribution in [2.45, 2.75) is 33.4 Å². The molecule has 138 valence electrons. The highest BCUT2D eigenvalue weighted by atomic mass is 16.2. The minimum Gasteiger partial charge on any atom is -0.348 e. The Morgan fingerprint density at radius 2 is 1.74 bits per heavy atom. The van der Waals surface area contributed by atoms with Crippen LogP contribution in [0.15, 0.2) is 60.8 Å². The van der Waals surface area contributed by atoms with Crippen LogP contribution in [-0.4, -0.2) is 22.0 Å². The Kier molecular flexibility index (Phi) is 4.48. The second-order valence-corrected chi connectivity index (χ2v) is 7.31. The summed E-state index contributed by atoms with van der Waals surface area (Å²) in [6, 6.07) is 18.5. The van der Waals surface area contributed by atoms with Crippen LogP contribution in [0.2, 0.25) is 0 Å². The fourth-order valence-electron chi connectivity index (χ4n) is 3.78. The number of anilines is 1. The maximum Gasteiger partial charge on any atom is 0.322 e. The van der Waals surface area contributed by atoms with Gasteiger partial charge in [-0.15, -0.1) is 0 Å². The standard InChI is InChI=1S/C23H25N3O/c1-16-9-11-19(12-10-16)22-21-8-5-13-25(21)14-15-26(22)23(27)24-20-7-4-6-17(2)18(20)3/h4-13,22H,14-15H2,1-3H3,(H,24,27)/t22-/m0/s1. The van der Waals surface area contributed by atoms with E-state index in [9.17, 15) is 4.79 Å². The molecule has 0 unspecified atom stereocenters. The third-order valence-electron chi connectivity index (χ3n) is 5.54. The molecule has 0 bridgehead atoms. The van der Waals surface area contributed by atoms with E-state index in [1.165, 1.54) is 11.1 Å². The van der Waals surface area contributed by atoms with Gasteiger partial charge in [0.1, 0.15) is 0 Å². The van der Waals surface area contributed by atoms with Gasteiger partial charge >= 0.3 is 6.03 Å². The smallest absolute Gasteiger partial charge is 0.322 e. The van der Waals surface area contributed by atoms with Gasteiger partial charge < -0.3 is 14.8 Å². The van der Waals surface area contributed by atoms with Crippen LogP contribution in [0.5, 0.6) is 0 Å². The first kappa shape index (κ1) is 17.4. The lowest BCUT2D eigenvalue weighted by atomic mass is 9.99. The summed E-state index contributed by atoms with van der Waals surface area (Å²) in [5, 5.41) is 3.13. The SMILES string of the molecule is Cc1ccc([C@H]2c3cccn3CCN2C(=O)Nc2cccc(C)c2C)cc1. The minimum absolute atomic E-state index is 0.0540. The van der Waals surface area contributed by atoms with Gasteiger partial charge in [-0.25, -0.2) is 4.79 Å². The predicted octanol–water partition coefficient (Wildman–Crippen LogP) is 5.05. The molecule has 2 amide bonds. The van der Waals surface area contributed by atoms with E-state index in [0.29, 0.717) is 6.54 Å². The Hall–Kier alpha value is -3.01. The second-order valence-electron chi connectivity index (χ2n) is 7.31. The quantitative estimate of drug-likeness (QED) is 0.683. The number of amides is 2. The van der Waals surface area contributed by atoms with Gasteiger partial charge in [0.05, 0.1) is 6.04 Å². The van der Waals surface area contributed by atoms with Crippen LogP contribution < -0.4 is 5.32 Å². The molecule has 1 atom stereocenters. The molecule has 2 heterocycles. The van der Waals surface area contributed by atoms with Crippen LogP contribution in [-0.2, 0) is 6.54 Å². The van der Waals surface area contributed by atoms with Gasteiger partial charge in [0.15, 0.2) is 0 Å². The van der Waals surface area contributed by atoms with Gasteiger partial charge in [0, 0.05) is 30.7 Å². The van der Waals surface area contributed by atoms with Crippen molar-refractivity contribution in [1.82, 2.24) is 9.47 Å². The molecule has 0 spiro atoms. The van der Waals surface area contributed by atoms with E-state index in [-0.39, 0.29) is 12.1 Å². The molecule has 0 fully saturated rings. The highest BCUT2D eigenvalue weighted by Crippen LogP contribution is 2.33. The fourth-order valence-corrected chi connectivity index (χ4v) is 3.78. The summed E-state index contributed by atoms with van der Waals surface area (Å²) >= 11 is 0. The lowest BCUT2D eigenvalue weighted by Gasteiger charge is -2.37. The van der Waals surface area contributed by atoms with Crippen molar-refractivity contribution in [3.05, 3.63) is 88.7 Å². The molecule has 4 rings (SSSR count). The summed E-state index contributed by atoms with van der Waals surface area (Å²) < 4.78 is 2.24. The second kappa shape index (κ2) is 6.95. The molecule has 1 N–H and O–H groups in total. The zero-order valence-corrected chi connectivity index (χ0v) is 16.1. The van der Waals surface area contributed by atoms with Crippen LogP contribution in [0.25, 0.3) is 0 Å². The zero-order valence-electron chi connectivity index (χ0n) is 16.1. The molecule has 1 aliphatic rings. The highest BCUT2D eigenvalue weighted by molar-refractivity contribution is 5.91. The number of aryl methyl sites for hydroxylation is 2. The average Bonchev–Trinajstić information content (AvgIpc) is 3.14. The summed E-state index contributed by atoms with van der Waals surface area (Å²) in [5.41, 5.74) is 6.67. The molecule has 4 heteroatoms. The number of carbonyl (C=O) groups is 1. The number of nitrogens with zero attached hydrogens (tertiary/aromatic N) is 2. The molecule has 4 nitrogen and oxygen atoms in total. The third kappa shape index (κ3) is 3.23. The molecule has 0 aliphatic carbocycles. The first-order valence-electron chi connectivity index (χ1n) is 9.40. The number of fused-ring (bicyclic) bond motifs is 1. The van der Waals surface area contributed by atoms with E-state index in [4.69, 9.17) is 0 Å². The van der Waals surface area contributed by atoms with E-state index in [2.05, 4.69) is 72.4 Å². The third-order valence-corrected chi connectivity index (χ3v) is 5.54. The van der Waals surface area contributed by atoms with Crippen molar-refractivity contribution in [2.24, 2.45) is 0 Å². The van der Waals surface area contributed by atoms with E-state index >= 15 is 0 Å². The van der Waals surface area contributed by atoms with Crippen molar-refractivity contribution in [3.63, 3.8) is 0 Å². The lowest BCUT2D eigenvalue weighted by molar-refractivity contribution is 0.182. The molecular formula is C23H25N3O. The van der Waals surface area contributed by atoms with E-state index < -0.39 is 0 Å². The lowest BCUT2D eigenvalue weighted by Crippen LogP contribution is -2.44. The van der Waals surface area contributed by atoms with Crippen molar-refractivity contribution in [3.8, 4) is 0 Å². The van der Waals surface area contributed by atoms with E-state index in [0.717, 1.165) is 29.1 Å². The maximum atomic E-state index is 13.2. The summed E-state index contributed by atoms with van der Waals surface area (Å²) in [7, 11) is 0. The van der Waals surface area contributed by atoms with Crippen molar-refractivity contribution < 1.29 is 4.79 Å². The summed E-state index contributed by atoms with van der Waals surface area (Å²) in [5.74, 6) is 0. The van der Waals surface area contributed by atoms with Gasteiger partial charge in [-0.3, -0.25) is 0 Å². The van der Waals surface area contributed by atoms with Gasteiger partial charge in [-0.05, 0) is 55.7 Å². The summed E-state index contributed by atoms with van der Waals surface area (Å²) in [6.45, 7) is 7.68. The van der Waals surface area contributed by atoms with Crippen LogP contribution in [0, 0.1) is 20.8 Å². The normalized spacial score (nSPS) is 16.1. The number of carbonyl (C=O) groups excluding carboxylic acids is 1. The summed E-state index contributed by atoms with van der Waals surface area (Å²) in [6.07, 6.45) is 2.09. The fraction of sp³-hybridized carbons (Fsp3) is 0.261. The van der Waals surface area contributed by atoms with Crippen LogP contribution in [0.4, 0.5) is 10.5 Å². The Morgan fingerprint density at radius 1 is 0.963 bits per heavy atom. The monoisotopic (exact) mass is 359 g/mol. The van der Waals surface area contributed by atoms with Gasteiger partial charge in [0.25, 0.3) is 0 Å². The molecule has 0 saturated carbocycles. The molecule has 2 aromatic carbocycles. The van der Waals surface area contributed by atoms with Crippen molar-refractivity contribution in [2.75, 3.05) is 11.9 Å². The Balaban J connectivity index is 1.68. The highest BCUT2D eigenvalue weighted by Gasteiger charge is 2.32. The number of hydrogen-bond acceptors (Lipinski definition) is 1. The van der Waals surface area contributed by atoms with Crippen molar-refractivity contribution in [1.29, 1.82) is 0 Å². The van der Waals surface area contributed by atoms with Gasteiger partial charge in [-0.2, -0.15) is 0 Å². The first-order chi connectivity index (χ1) is 13.0. The van der Waals surface area contributed by atoms with Crippen LogP contribution in [0.3, 0.4) is 0 Å². The van der Waals surface area contributed by atoms with E-state index in [1.54, 1.807) is 0 Å². The average molecular weight is 359 g/mol. The maximum absolute atomic E-state index is 13.2. The number of hydrogen-bond donors (Lipinski definition) is 1. The Morgan fingerprint density at radius 3 is 2.52 bits per heavy atom. The minimum atomic E-state index is -0.0838. The largest absolute Gasteiger partial charge is 0.348 e. The van der Waals surface area contributed by atoms with E-state index in [1.807, 2.05) is 24.0 Å². The van der Waals surface area contributed by atoms with Gasteiger partial charge in [-0.1, -0.05) is 42.0 Å². The molecular weight excluding hydrogens is 334 g/mol. The summed E-state index contributed by atoms with van der Waals surface area (Å²) in [4.78, 5) is 15.2. The molecule has 1 aromatic heterocycles. The number of rotatable bonds is 2. The Labute approximate surface area is 160 Å². The van der Waals surface area contributed by atoms with Crippen LogP contribution >= 0.6 is 0 Å². The molecule has 0 radical (unpaired) electrons. The number of aromatic nitrogens is 1. The predicted molar refractivity (Wildman–Crippen MR) is 109 cm³/mol. The zero-order chi connectivity index (χ0) is 19.0. The first-order valence-corrected chi connectivity index (χ1v) is 9.40. The van der Waals surface area contributed by atoms with Crippen LogP contribution in [0.1, 0.15) is 34.0 Å². The van der Waals surface area contributed by atoms with Gasteiger partial charge in [0.2, 0.25) is 0 Å². The molecule has 1 aliphatic heterocycles. The number of nitrogens with one attached hydrogen (secondary N) is 1. The number of urea groups is 1. The molecule has 27 heavy (non-hydrogen) atoms. The number of benzene rings is 2. The topological polar surface area (TPSA) is 37.3 Å².